The molecule has 2 bridgehead atoms. The van der Waals surface area contributed by atoms with E-state index in [1.165, 1.54) is 26.0 Å². The molecule has 1 heterocycles. The molecule has 0 aromatic heterocycles. The fourth-order valence-corrected chi connectivity index (χ4v) is 5.15. The van der Waals surface area contributed by atoms with E-state index >= 15 is 0 Å². The highest BCUT2D eigenvalue weighted by molar-refractivity contribution is 6.22. The maximum absolute atomic E-state index is 13.3. The van der Waals surface area contributed by atoms with Crippen LogP contribution in [0.25, 0.3) is 0 Å². The number of rotatable bonds is 3. The number of carbonyl (C=O) groups excluding carboxylic acids is 2. The molecule has 1 saturated heterocycles. The number of aliphatic hydroxyl groups excluding tert-OH is 2. The molecule has 0 amide bonds. The maximum Gasteiger partial charge on any atom is 0.178 e. The lowest BCUT2D eigenvalue weighted by atomic mass is 9.41. The number of hydrogen-bond donors (Lipinski definition) is 4. The summed E-state index contributed by atoms with van der Waals surface area (Å²) >= 11 is 0. The third-order valence-corrected chi connectivity index (χ3v) is 6.38. The van der Waals surface area contributed by atoms with E-state index in [0.717, 1.165) is 0 Å². The summed E-state index contributed by atoms with van der Waals surface area (Å²) in [6.45, 7) is 3.90. The minimum atomic E-state index is -2.04. The number of aliphatic hydroxyl groups is 4. The fraction of sp³-hybridized carbons (Fsp3) is 0.600. The van der Waals surface area contributed by atoms with Gasteiger partial charge in [-0.2, -0.15) is 0 Å². The number of fused-ring (bicyclic) bond motifs is 2. The zero-order valence-electron chi connectivity index (χ0n) is 15.7. The van der Waals surface area contributed by atoms with E-state index < -0.39 is 51.9 Å². The van der Waals surface area contributed by atoms with Gasteiger partial charge >= 0.3 is 0 Å². The molecule has 1 unspecified atom stereocenters. The summed E-state index contributed by atoms with van der Waals surface area (Å²) in [6.07, 6.45) is 5.72. The van der Waals surface area contributed by atoms with Crippen LogP contribution >= 0.6 is 0 Å². The number of carbonyl (C=O) groups is 2. The topological polar surface area (TPSA) is 124 Å². The Labute approximate surface area is 157 Å². The normalized spacial score (nSPS) is 46.4. The molecule has 0 aromatic carbocycles. The van der Waals surface area contributed by atoms with Gasteiger partial charge in [0.1, 0.15) is 17.0 Å². The van der Waals surface area contributed by atoms with Gasteiger partial charge in [0.15, 0.2) is 11.6 Å². The molecule has 0 aromatic rings. The van der Waals surface area contributed by atoms with E-state index in [2.05, 4.69) is 0 Å². The monoisotopic (exact) mass is 378 g/mol. The predicted molar refractivity (Wildman–Crippen MR) is 95.7 cm³/mol. The van der Waals surface area contributed by atoms with Crippen molar-refractivity contribution in [2.75, 3.05) is 13.2 Å². The first-order valence-corrected chi connectivity index (χ1v) is 9.06. The van der Waals surface area contributed by atoms with Crippen LogP contribution in [0.3, 0.4) is 0 Å². The Morgan fingerprint density at radius 1 is 1.26 bits per heavy atom. The second kappa shape index (κ2) is 6.38. The van der Waals surface area contributed by atoms with E-state index in [9.17, 15) is 30.0 Å². The van der Waals surface area contributed by atoms with E-state index in [4.69, 9.17) is 4.74 Å². The van der Waals surface area contributed by atoms with Crippen molar-refractivity contribution in [2.24, 2.45) is 17.3 Å². The maximum atomic E-state index is 13.3. The molecule has 148 valence electrons. The zero-order chi connectivity index (χ0) is 20.2. The van der Waals surface area contributed by atoms with Gasteiger partial charge in [0.05, 0.1) is 30.7 Å². The molecule has 0 radical (unpaired) electrons. The van der Waals surface area contributed by atoms with Crippen molar-refractivity contribution in [2.45, 2.75) is 44.5 Å². The molecule has 3 saturated carbocycles. The van der Waals surface area contributed by atoms with Crippen LogP contribution in [0.15, 0.2) is 35.6 Å². The Kier molecular flexibility index (Phi) is 4.71. The van der Waals surface area contributed by atoms with Crippen molar-refractivity contribution in [3.63, 3.8) is 0 Å². The van der Waals surface area contributed by atoms with Crippen LogP contribution in [0.1, 0.15) is 27.2 Å². The number of allylic oxidation sites excluding steroid dienone is 4. The summed E-state index contributed by atoms with van der Waals surface area (Å²) in [7, 11) is 0. The van der Waals surface area contributed by atoms with Gasteiger partial charge in [-0.05, 0) is 33.3 Å². The van der Waals surface area contributed by atoms with E-state index in [0.29, 0.717) is 0 Å². The van der Waals surface area contributed by atoms with Gasteiger partial charge in [-0.3, -0.25) is 9.59 Å². The van der Waals surface area contributed by atoms with Gasteiger partial charge in [-0.1, -0.05) is 18.2 Å². The quantitative estimate of drug-likeness (QED) is 0.245. The van der Waals surface area contributed by atoms with E-state index in [1.54, 1.807) is 19.1 Å². The second-order valence-electron chi connectivity index (χ2n) is 8.02. The molecule has 1 aliphatic heterocycles. The first kappa shape index (κ1) is 19.9. The Morgan fingerprint density at radius 3 is 2.52 bits per heavy atom. The van der Waals surface area contributed by atoms with Crippen LogP contribution in [0.2, 0.25) is 0 Å². The van der Waals surface area contributed by atoms with Gasteiger partial charge in [-0.15, -0.1) is 0 Å². The standard InChI is InChI=1S/C20H26O7/c1-4-5-6-7-12(22)14-15-19(3,25)17(24)18(2,16(14)23)13-8-11(9-21)27-10-20(13,15)26/h4-7,11,13,15,21-22,25-26H,8-10H2,1-3H3/b5-4+,7-6+,14-12-/t11-,13+,15-,18+,19?,20-/m0/s1. The van der Waals surface area contributed by atoms with Crippen molar-refractivity contribution < 1.29 is 34.8 Å². The van der Waals surface area contributed by atoms with Crippen LogP contribution in [-0.4, -0.2) is 62.5 Å². The third kappa shape index (κ3) is 2.49. The first-order valence-electron chi connectivity index (χ1n) is 9.06. The van der Waals surface area contributed by atoms with Crippen LogP contribution < -0.4 is 0 Å². The molecule has 4 rings (SSSR count). The Balaban J connectivity index is 2.23. The van der Waals surface area contributed by atoms with Crippen molar-refractivity contribution in [1.82, 2.24) is 0 Å². The molecule has 7 nitrogen and oxygen atoms in total. The lowest BCUT2D eigenvalue weighted by Gasteiger charge is -2.64. The summed E-state index contributed by atoms with van der Waals surface area (Å²) in [5.41, 5.74) is -5.64. The summed E-state index contributed by atoms with van der Waals surface area (Å²) < 4.78 is 5.52. The summed E-state index contributed by atoms with van der Waals surface area (Å²) in [4.78, 5) is 26.3. The van der Waals surface area contributed by atoms with Gasteiger partial charge in [0.25, 0.3) is 0 Å². The molecule has 4 fully saturated rings. The molecule has 4 N–H and O–H groups in total. The summed E-state index contributed by atoms with van der Waals surface area (Å²) in [6, 6.07) is 0. The third-order valence-electron chi connectivity index (χ3n) is 6.38. The van der Waals surface area contributed by atoms with Gasteiger partial charge < -0.3 is 25.2 Å². The number of ketones is 2. The van der Waals surface area contributed by atoms with Crippen molar-refractivity contribution >= 4 is 11.6 Å². The van der Waals surface area contributed by atoms with Gasteiger partial charge in [0, 0.05) is 11.5 Å². The lowest BCUT2D eigenvalue weighted by Crippen LogP contribution is -2.79. The SMILES string of the molecule is C/C=C/C=C/C(O)=C1/C(=O)[C@]2(C)C(=O)C(C)(O)[C@H]1[C@]1(O)CO[C@H](CO)C[C@H]21. The molecule has 4 aliphatic rings. The molecular formula is C20H26O7. The molecule has 3 aliphatic carbocycles. The number of ether oxygens (including phenoxy) is 1. The average molecular weight is 378 g/mol. The molecule has 0 spiro atoms. The van der Waals surface area contributed by atoms with Gasteiger partial charge in [-0.25, -0.2) is 0 Å². The predicted octanol–water partition coefficient (Wildman–Crippen LogP) is 0.598. The van der Waals surface area contributed by atoms with E-state index in [-0.39, 0.29) is 25.2 Å². The van der Waals surface area contributed by atoms with Crippen LogP contribution in [-0.2, 0) is 14.3 Å². The van der Waals surface area contributed by atoms with Crippen molar-refractivity contribution in [1.29, 1.82) is 0 Å². The fourth-order valence-electron chi connectivity index (χ4n) is 5.15. The van der Waals surface area contributed by atoms with Crippen LogP contribution in [0.5, 0.6) is 0 Å². The smallest absolute Gasteiger partial charge is 0.178 e. The van der Waals surface area contributed by atoms with Crippen molar-refractivity contribution in [3.8, 4) is 0 Å². The van der Waals surface area contributed by atoms with Crippen molar-refractivity contribution in [3.05, 3.63) is 35.6 Å². The molecule has 27 heavy (non-hydrogen) atoms. The number of hydrogen-bond acceptors (Lipinski definition) is 7. The summed E-state index contributed by atoms with van der Waals surface area (Å²) in [5, 5.41) is 42.4. The van der Waals surface area contributed by atoms with Gasteiger partial charge in [0.2, 0.25) is 0 Å². The van der Waals surface area contributed by atoms with Crippen LogP contribution in [0.4, 0.5) is 0 Å². The Bertz CT molecular complexity index is 762. The Hall–Kier alpha value is -1.80. The lowest BCUT2D eigenvalue weighted by molar-refractivity contribution is -0.261. The zero-order valence-corrected chi connectivity index (χ0v) is 15.7. The highest BCUT2D eigenvalue weighted by Gasteiger charge is 2.77. The van der Waals surface area contributed by atoms with E-state index in [1.807, 2.05) is 0 Å². The minimum absolute atomic E-state index is 0.107. The highest BCUT2D eigenvalue weighted by atomic mass is 16.5. The minimum Gasteiger partial charge on any atom is -0.508 e. The molecular weight excluding hydrogens is 352 g/mol. The van der Waals surface area contributed by atoms with Crippen LogP contribution in [0, 0.1) is 17.3 Å². The number of Topliss-reactive ketones (excluding diaryl/α,β-unsaturated/α-hetero) is 2. The highest BCUT2D eigenvalue weighted by Crippen LogP contribution is 2.63. The molecule has 6 atom stereocenters. The average Bonchev–Trinajstić information content (AvgIpc) is 2.62. The first-order chi connectivity index (χ1) is 12.6. The Morgan fingerprint density at radius 2 is 1.93 bits per heavy atom. The second-order valence-corrected chi connectivity index (χ2v) is 8.02. The summed E-state index contributed by atoms with van der Waals surface area (Å²) in [5.74, 6) is -3.81. The largest absolute Gasteiger partial charge is 0.508 e. The molecule has 7 heteroatoms.